The van der Waals surface area contributed by atoms with Gasteiger partial charge >= 0.3 is 6.09 Å². The third kappa shape index (κ3) is 2.98. The van der Waals surface area contributed by atoms with E-state index in [0.29, 0.717) is 4.90 Å². The number of likely N-dealkylation sites (N-methyl/N-ethyl adjacent to an activating group) is 1. The minimum absolute atomic E-state index is 0.283. The lowest BCUT2D eigenvalue weighted by atomic mass is 10.2. The van der Waals surface area contributed by atoms with Crippen LogP contribution in [0.3, 0.4) is 0 Å². The summed E-state index contributed by atoms with van der Waals surface area (Å²) in [6.07, 6.45) is -1.32. The zero-order valence-electron chi connectivity index (χ0n) is 10.2. The molecule has 0 saturated heterocycles. The van der Waals surface area contributed by atoms with E-state index in [2.05, 4.69) is 4.98 Å². The Labute approximate surface area is 109 Å². The molecule has 6 heteroatoms. The molecule has 0 atom stereocenters. The van der Waals surface area contributed by atoms with Crippen LogP contribution in [0.5, 0.6) is 5.88 Å². The van der Waals surface area contributed by atoms with E-state index >= 15 is 0 Å². The Morgan fingerprint density at radius 3 is 2.74 bits per heavy atom. The van der Waals surface area contributed by atoms with Gasteiger partial charge in [0, 0.05) is 18.5 Å². The maximum absolute atomic E-state index is 11.4. The standard InChI is InChI=1S/C13H12N2O4/c1-15(13(17)18)12(16)8-19-11-7-6-9-4-2-3-5-10(9)14-11/h2-7H,8H2,1H3,(H,17,18). The van der Waals surface area contributed by atoms with Crippen molar-refractivity contribution in [2.45, 2.75) is 0 Å². The van der Waals surface area contributed by atoms with Gasteiger partial charge in [0.1, 0.15) is 0 Å². The van der Waals surface area contributed by atoms with E-state index in [4.69, 9.17) is 9.84 Å². The number of carbonyl (C=O) groups is 2. The second-order valence-electron chi connectivity index (χ2n) is 3.87. The molecule has 2 aromatic rings. The van der Waals surface area contributed by atoms with Crippen LogP contribution in [0.4, 0.5) is 4.79 Å². The number of rotatable bonds is 3. The average Bonchev–Trinajstić information content (AvgIpc) is 2.43. The molecule has 0 fully saturated rings. The first-order chi connectivity index (χ1) is 9.08. The molecule has 2 amide bonds. The van der Waals surface area contributed by atoms with Gasteiger partial charge in [-0.2, -0.15) is 0 Å². The van der Waals surface area contributed by atoms with Crippen LogP contribution in [0, 0.1) is 0 Å². The molecule has 0 radical (unpaired) electrons. The van der Waals surface area contributed by atoms with Crippen molar-refractivity contribution in [3.8, 4) is 5.88 Å². The summed E-state index contributed by atoms with van der Waals surface area (Å²) in [6.45, 7) is -0.367. The fourth-order valence-corrected chi connectivity index (χ4v) is 1.47. The van der Waals surface area contributed by atoms with Crippen molar-refractivity contribution in [3.63, 3.8) is 0 Å². The van der Waals surface area contributed by atoms with Crippen molar-refractivity contribution in [1.82, 2.24) is 9.88 Å². The second-order valence-corrected chi connectivity index (χ2v) is 3.87. The Hall–Kier alpha value is -2.63. The van der Waals surface area contributed by atoms with Gasteiger partial charge in [-0.05, 0) is 12.1 Å². The summed E-state index contributed by atoms with van der Waals surface area (Å²) in [7, 11) is 1.17. The zero-order valence-corrected chi connectivity index (χ0v) is 10.2. The van der Waals surface area contributed by atoms with Gasteiger partial charge < -0.3 is 9.84 Å². The summed E-state index contributed by atoms with van der Waals surface area (Å²) >= 11 is 0. The van der Waals surface area contributed by atoms with E-state index in [1.807, 2.05) is 30.3 Å². The van der Waals surface area contributed by atoms with Crippen LogP contribution in [0.15, 0.2) is 36.4 Å². The predicted molar refractivity (Wildman–Crippen MR) is 68.0 cm³/mol. The number of imide groups is 1. The van der Waals surface area contributed by atoms with E-state index in [-0.39, 0.29) is 12.5 Å². The van der Waals surface area contributed by atoms with Crippen LogP contribution in [0.25, 0.3) is 10.9 Å². The van der Waals surface area contributed by atoms with Gasteiger partial charge in [0.15, 0.2) is 6.61 Å². The number of benzene rings is 1. The molecule has 1 aromatic heterocycles. The van der Waals surface area contributed by atoms with Gasteiger partial charge in [-0.1, -0.05) is 18.2 Å². The number of pyridine rings is 1. The van der Waals surface area contributed by atoms with Crippen LogP contribution >= 0.6 is 0 Å². The molecule has 0 aliphatic heterocycles. The van der Waals surface area contributed by atoms with Crippen molar-refractivity contribution in [2.75, 3.05) is 13.7 Å². The Balaban J connectivity index is 2.06. The maximum Gasteiger partial charge on any atom is 0.413 e. The largest absolute Gasteiger partial charge is 0.468 e. The monoisotopic (exact) mass is 260 g/mol. The first-order valence-electron chi connectivity index (χ1n) is 5.56. The zero-order chi connectivity index (χ0) is 13.8. The summed E-state index contributed by atoms with van der Waals surface area (Å²) in [5.41, 5.74) is 0.749. The van der Waals surface area contributed by atoms with E-state index in [9.17, 15) is 9.59 Å². The molecule has 0 aliphatic rings. The maximum atomic E-state index is 11.4. The topological polar surface area (TPSA) is 79.7 Å². The molecule has 0 saturated carbocycles. The fraction of sp³-hybridized carbons (Fsp3) is 0.154. The molecule has 98 valence electrons. The summed E-state index contributed by atoms with van der Waals surface area (Å²) in [4.78, 5) is 26.8. The minimum atomic E-state index is -1.32. The summed E-state index contributed by atoms with van der Waals surface area (Å²) in [5.74, 6) is -0.367. The lowest BCUT2D eigenvalue weighted by Crippen LogP contribution is -2.35. The molecule has 1 heterocycles. The number of hydrogen-bond donors (Lipinski definition) is 1. The smallest absolute Gasteiger partial charge is 0.413 e. The van der Waals surface area contributed by atoms with Crippen LogP contribution in [0.2, 0.25) is 0 Å². The number of amides is 2. The first-order valence-corrected chi connectivity index (χ1v) is 5.56. The van der Waals surface area contributed by atoms with E-state index < -0.39 is 12.0 Å². The SMILES string of the molecule is CN(C(=O)O)C(=O)COc1ccc2ccccc2n1. The lowest BCUT2D eigenvalue weighted by Gasteiger charge is -2.11. The third-order valence-corrected chi connectivity index (χ3v) is 2.58. The van der Waals surface area contributed by atoms with Gasteiger partial charge in [0.25, 0.3) is 5.91 Å². The first kappa shape index (κ1) is 12.8. The van der Waals surface area contributed by atoms with Gasteiger partial charge in [0.2, 0.25) is 5.88 Å². The van der Waals surface area contributed by atoms with Crippen LogP contribution in [0.1, 0.15) is 0 Å². The van der Waals surface area contributed by atoms with Crippen molar-refractivity contribution >= 4 is 22.9 Å². The Morgan fingerprint density at radius 1 is 1.26 bits per heavy atom. The van der Waals surface area contributed by atoms with Crippen molar-refractivity contribution in [3.05, 3.63) is 36.4 Å². The molecule has 1 N–H and O–H groups in total. The highest BCUT2D eigenvalue weighted by Crippen LogP contribution is 2.15. The normalized spacial score (nSPS) is 10.2. The molecule has 6 nitrogen and oxygen atoms in total. The molecule has 2 rings (SSSR count). The molecule has 1 aromatic carbocycles. The minimum Gasteiger partial charge on any atom is -0.468 e. The number of aromatic nitrogens is 1. The second kappa shape index (κ2) is 5.34. The number of ether oxygens (including phenoxy) is 1. The number of nitrogens with zero attached hydrogens (tertiary/aromatic N) is 2. The molecule has 0 aliphatic carbocycles. The van der Waals surface area contributed by atoms with Gasteiger partial charge in [-0.3, -0.25) is 4.79 Å². The fourth-order valence-electron chi connectivity index (χ4n) is 1.47. The number of carbonyl (C=O) groups excluding carboxylic acids is 1. The molecule has 0 bridgehead atoms. The molecule has 19 heavy (non-hydrogen) atoms. The molecular formula is C13H12N2O4. The van der Waals surface area contributed by atoms with Crippen molar-refractivity contribution in [2.24, 2.45) is 0 Å². The van der Waals surface area contributed by atoms with Gasteiger partial charge in [0.05, 0.1) is 5.52 Å². The number of hydrogen-bond acceptors (Lipinski definition) is 4. The van der Waals surface area contributed by atoms with E-state index in [1.165, 1.54) is 7.05 Å². The van der Waals surface area contributed by atoms with E-state index in [1.54, 1.807) is 6.07 Å². The Morgan fingerprint density at radius 2 is 2.00 bits per heavy atom. The third-order valence-electron chi connectivity index (χ3n) is 2.58. The average molecular weight is 260 g/mol. The highest BCUT2D eigenvalue weighted by molar-refractivity contribution is 5.91. The molecule has 0 unspecified atom stereocenters. The highest BCUT2D eigenvalue weighted by Gasteiger charge is 2.15. The van der Waals surface area contributed by atoms with Crippen LogP contribution in [-0.4, -0.2) is 40.6 Å². The quantitative estimate of drug-likeness (QED) is 0.909. The predicted octanol–water partition coefficient (Wildman–Crippen LogP) is 1.75. The summed E-state index contributed by atoms with van der Waals surface area (Å²) < 4.78 is 5.18. The van der Waals surface area contributed by atoms with Gasteiger partial charge in [-0.15, -0.1) is 0 Å². The summed E-state index contributed by atoms with van der Waals surface area (Å²) in [6, 6.07) is 10.9. The molecule has 0 spiro atoms. The lowest BCUT2D eigenvalue weighted by molar-refractivity contribution is -0.130. The number of para-hydroxylation sites is 1. The Bertz CT molecular complexity index is 627. The van der Waals surface area contributed by atoms with Crippen LogP contribution < -0.4 is 4.74 Å². The van der Waals surface area contributed by atoms with E-state index in [0.717, 1.165) is 10.9 Å². The molecular weight excluding hydrogens is 248 g/mol. The number of carboxylic acid groups (broad SMARTS) is 1. The van der Waals surface area contributed by atoms with Crippen molar-refractivity contribution in [1.29, 1.82) is 0 Å². The highest BCUT2D eigenvalue weighted by atomic mass is 16.5. The summed E-state index contributed by atoms with van der Waals surface area (Å²) in [5, 5.41) is 9.59. The van der Waals surface area contributed by atoms with Crippen molar-refractivity contribution < 1.29 is 19.4 Å². The van der Waals surface area contributed by atoms with Gasteiger partial charge in [-0.25, -0.2) is 14.7 Å². The number of fused-ring (bicyclic) bond motifs is 1. The Kier molecular flexibility index (Phi) is 3.61. The van der Waals surface area contributed by atoms with Crippen LogP contribution in [-0.2, 0) is 4.79 Å².